The Labute approximate surface area is 176 Å². The van der Waals surface area contributed by atoms with Gasteiger partial charge in [0.1, 0.15) is 6.04 Å². The number of hydrogen-bond acceptors (Lipinski definition) is 3. The average Bonchev–Trinajstić information content (AvgIpc) is 2.58. The molecule has 5 nitrogen and oxygen atoms in total. The fourth-order valence-electron chi connectivity index (χ4n) is 2.99. The molecule has 0 radical (unpaired) electrons. The Morgan fingerprint density at radius 2 is 1.64 bits per heavy atom. The first kappa shape index (κ1) is 22.5. The number of carbonyl (C=O) groups excluding carboxylic acids is 1. The smallest absolute Gasteiger partial charge is 0.244 e. The Hall–Kier alpha value is -1.76. The van der Waals surface area contributed by atoms with Gasteiger partial charge in [0, 0.05) is 10.0 Å². The molecule has 0 heterocycles. The summed E-state index contributed by atoms with van der Waals surface area (Å²) in [5, 5.41) is 3.52. The van der Waals surface area contributed by atoms with E-state index in [0.29, 0.717) is 6.42 Å². The van der Waals surface area contributed by atoms with E-state index in [0.717, 1.165) is 21.7 Å². The zero-order valence-electron chi connectivity index (χ0n) is 16.2. The molecule has 0 saturated heterocycles. The van der Waals surface area contributed by atoms with Crippen molar-refractivity contribution in [3.05, 3.63) is 63.6 Å². The highest BCUT2D eigenvalue weighted by atomic mass is 35.5. The molecule has 0 saturated carbocycles. The van der Waals surface area contributed by atoms with Crippen LogP contribution in [-0.4, -0.2) is 26.6 Å². The quantitative estimate of drug-likeness (QED) is 0.673. The Kier molecular flexibility index (Phi) is 7.37. The number of amides is 1. The summed E-state index contributed by atoms with van der Waals surface area (Å²) in [6.07, 6.45) is 1.71. The summed E-state index contributed by atoms with van der Waals surface area (Å²) in [5.74, 6) is -0.408. The number of anilines is 1. The minimum absolute atomic E-state index is 0.222. The molecule has 152 valence electrons. The molecule has 0 unspecified atom stereocenters. The molecule has 8 heteroatoms. The van der Waals surface area contributed by atoms with Crippen molar-refractivity contribution < 1.29 is 13.2 Å². The number of nitrogens with zero attached hydrogens (tertiary/aromatic N) is 1. The molecule has 0 aliphatic rings. The van der Waals surface area contributed by atoms with Crippen molar-refractivity contribution in [1.82, 2.24) is 5.32 Å². The lowest BCUT2D eigenvalue weighted by Crippen LogP contribution is -2.48. The third kappa shape index (κ3) is 5.63. The van der Waals surface area contributed by atoms with E-state index in [1.54, 1.807) is 0 Å². The van der Waals surface area contributed by atoms with Gasteiger partial charge in [0.2, 0.25) is 15.9 Å². The van der Waals surface area contributed by atoms with E-state index in [1.165, 1.54) is 25.1 Å². The molecule has 1 amide bonds. The van der Waals surface area contributed by atoms with Crippen molar-refractivity contribution in [1.29, 1.82) is 0 Å². The third-order valence-electron chi connectivity index (χ3n) is 4.39. The predicted molar refractivity (Wildman–Crippen MR) is 116 cm³/mol. The van der Waals surface area contributed by atoms with Crippen LogP contribution in [0.2, 0.25) is 10.0 Å². The van der Waals surface area contributed by atoms with Gasteiger partial charge in [0.25, 0.3) is 0 Å². The second-order valence-corrected chi connectivity index (χ2v) is 9.47. The summed E-state index contributed by atoms with van der Waals surface area (Å²) in [5.41, 5.74) is 2.33. The minimum atomic E-state index is -3.75. The highest BCUT2D eigenvalue weighted by Crippen LogP contribution is 2.29. The molecule has 0 bridgehead atoms. The maximum atomic E-state index is 12.9. The third-order valence-corrected chi connectivity index (χ3v) is 6.07. The normalized spacial score (nSPS) is 13.6. The molecule has 1 N–H and O–H groups in total. The molecule has 2 aromatic carbocycles. The van der Waals surface area contributed by atoms with Crippen LogP contribution in [0.15, 0.2) is 42.5 Å². The number of sulfonamides is 1. The van der Waals surface area contributed by atoms with E-state index >= 15 is 0 Å². The second-order valence-electron chi connectivity index (χ2n) is 6.74. The maximum absolute atomic E-state index is 12.9. The van der Waals surface area contributed by atoms with E-state index in [4.69, 9.17) is 23.2 Å². The summed E-state index contributed by atoms with van der Waals surface area (Å²) >= 11 is 12.0. The van der Waals surface area contributed by atoms with Crippen LogP contribution in [0.1, 0.15) is 37.4 Å². The lowest BCUT2D eigenvalue weighted by molar-refractivity contribution is -0.122. The number of nitrogens with one attached hydrogen (secondary N) is 1. The van der Waals surface area contributed by atoms with Crippen LogP contribution in [0, 0.1) is 6.92 Å². The number of carbonyl (C=O) groups is 1. The number of halogens is 2. The first-order valence-electron chi connectivity index (χ1n) is 8.85. The highest BCUT2D eigenvalue weighted by Gasteiger charge is 2.30. The van der Waals surface area contributed by atoms with E-state index in [1.807, 2.05) is 38.1 Å². The van der Waals surface area contributed by atoms with Crippen LogP contribution in [-0.2, 0) is 14.8 Å². The van der Waals surface area contributed by atoms with Gasteiger partial charge in [0.15, 0.2) is 0 Å². The van der Waals surface area contributed by atoms with Crippen LogP contribution in [0.25, 0.3) is 0 Å². The number of benzene rings is 2. The maximum Gasteiger partial charge on any atom is 0.244 e. The highest BCUT2D eigenvalue weighted by molar-refractivity contribution is 7.92. The van der Waals surface area contributed by atoms with E-state index < -0.39 is 22.0 Å². The van der Waals surface area contributed by atoms with E-state index in [-0.39, 0.29) is 21.8 Å². The Balaban J connectivity index is 2.31. The molecule has 0 fully saturated rings. The summed E-state index contributed by atoms with van der Waals surface area (Å²) in [4.78, 5) is 12.9. The van der Waals surface area contributed by atoms with Gasteiger partial charge in [-0.25, -0.2) is 8.42 Å². The lowest BCUT2D eigenvalue weighted by Gasteiger charge is -2.30. The molecule has 0 spiro atoms. The molecular weight excluding hydrogens is 419 g/mol. The predicted octanol–water partition coefficient (Wildman–Crippen LogP) is 4.72. The van der Waals surface area contributed by atoms with Crippen molar-refractivity contribution in [3.8, 4) is 0 Å². The second kappa shape index (κ2) is 9.16. The number of rotatable bonds is 7. The van der Waals surface area contributed by atoms with Gasteiger partial charge in [-0.1, -0.05) is 60.0 Å². The van der Waals surface area contributed by atoms with Crippen molar-refractivity contribution >= 4 is 44.8 Å². The van der Waals surface area contributed by atoms with Crippen LogP contribution in [0.5, 0.6) is 0 Å². The summed E-state index contributed by atoms with van der Waals surface area (Å²) in [6.45, 7) is 5.49. The summed E-state index contributed by atoms with van der Waals surface area (Å²) in [6, 6.07) is 11.1. The van der Waals surface area contributed by atoms with Crippen molar-refractivity contribution in [3.63, 3.8) is 0 Å². The molecule has 0 aliphatic carbocycles. The fraction of sp³-hybridized carbons (Fsp3) is 0.350. The zero-order chi connectivity index (χ0) is 21.1. The van der Waals surface area contributed by atoms with Crippen molar-refractivity contribution in [2.75, 3.05) is 10.6 Å². The SMILES string of the molecule is CC[C@@H](NC(=O)[C@H](C)N(c1cc(Cl)cc(Cl)c1)S(C)(=O)=O)c1ccc(C)cc1. The van der Waals surface area contributed by atoms with E-state index in [2.05, 4.69) is 5.32 Å². The van der Waals surface area contributed by atoms with Crippen LogP contribution >= 0.6 is 23.2 Å². The zero-order valence-corrected chi connectivity index (χ0v) is 18.6. The standard InChI is InChI=1S/C20H24Cl2N2O3S/c1-5-19(15-8-6-13(2)7-9-15)23-20(25)14(3)24(28(4,26)27)18-11-16(21)10-17(22)12-18/h6-12,14,19H,5H2,1-4H3,(H,23,25)/t14-,19+/m0/s1. The topological polar surface area (TPSA) is 66.5 Å². The monoisotopic (exact) mass is 442 g/mol. The number of aryl methyl sites for hydroxylation is 1. The van der Waals surface area contributed by atoms with E-state index in [9.17, 15) is 13.2 Å². The molecule has 0 aromatic heterocycles. The van der Waals surface area contributed by atoms with Gasteiger partial charge < -0.3 is 5.32 Å². The average molecular weight is 443 g/mol. The number of hydrogen-bond donors (Lipinski definition) is 1. The van der Waals surface area contributed by atoms with Gasteiger partial charge in [-0.05, 0) is 44.0 Å². The summed E-state index contributed by atoms with van der Waals surface area (Å²) in [7, 11) is -3.75. The lowest BCUT2D eigenvalue weighted by atomic mass is 10.0. The van der Waals surface area contributed by atoms with Crippen LogP contribution in [0.3, 0.4) is 0 Å². The van der Waals surface area contributed by atoms with Gasteiger partial charge >= 0.3 is 0 Å². The Morgan fingerprint density at radius 3 is 2.11 bits per heavy atom. The van der Waals surface area contributed by atoms with Gasteiger partial charge in [-0.3, -0.25) is 9.10 Å². The molecule has 2 aromatic rings. The molecule has 2 atom stereocenters. The van der Waals surface area contributed by atoms with Crippen molar-refractivity contribution in [2.45, 2.75) is 39.3 Å². The van der Waals surface area contributed by atoms with Gasteiger partial charge in [-0.15, -0.1) is 0 Å². The molecule has 0 aliphatic heterocycles. The van der Waals surface area contributed by atoms with Crippen LogP contribution in [0.4, 0.5) is 5.69 Å². The first-order valence-corrected chi connectivity index (χ1v) is 11.5. The molecular formula is C20H24Cl2N2O3S. The summed E-state index contributed by atoms with van der Waals surface area (Å²) < 4.78 is 25.9. The fourth-order valence-corrected chi connectivity index (χ4v) is 4.66. The van der Waals surface area contributed by atoms with Gasteiger partial charge in [0.05, 0.1) is 18.0 Å². The first-order chi connectivity index (χ1) is 13.0. The minimum Gasteiger partial charge on any atom is -0.347 e. The Bertz CT molecular complexity index is 926. The van der Waals surface area contributed by atoms with Crippen molar-refractivity contribution in [2.24, 2.45) is 0 Å². The van der Waals surface area contributed by atoms with Gasteiger partial charge in [-0.2, -0.15) is 0 Å². The Morgan fingerprint density at radius 1 is 1.11 bits per heavy atom. The molecule has 2 rings (SSSR count). The van der Waals surface area contributed by atoms with Crippen LogP contribution < -0.4 is 9.62 Å². The molecule has 28 heavy (non-hydrogen) atoms. The largest absolute Gasteiger partial charge is 0.347 e.